The summed E-state index contributed by atoms with van der Waals surface area (Å²) >= 11 is 0. The van der Waals surface area contributed by atoms with E-state index in [9.17, 15) is 4.79 Å². The van der Waals surface area contributed by atoms with E-state index in [1.54, 1.807) is 0 Å². The second kappa shape index (κ2) is 4.27. The van der Waals surface area contributed by atoms with Crippen LogP contribution < -0.4 is 0 Å². The minimum atomic E-state index is -0.698. The van der Waals surface area contributed by atoms with E-state index in [-0.39, 0.29) is 6.54 Å². The second-order valence-corrected chi connectivity index (χ2v) is 6.69. The van der Waals surface area contributed by atoms with E-state index in [1.165, 1.54) is 32.1 Å². The SMILES string of the molecule is CN(CC(=O)O)CC1C2CC3CC(C2)CC1C3. The molecule has 0 spiro atoms. The number of rotatable bonds is 4. The molecular weight excluding hydrogens is 214 g/mol. The minimum Gasteiger partial charge on any atom is -0.480 e. The topological polar surface area (TPSA) is 40.5 Å². The fourth-order valence-electron chi connectivity index (χ4n) is 4.99. The summed E-state index contributed by atoms with van der Waals surface area (Å²) in [6.45, 7) is 1.20. The number of aliphatic carboxylic acids is 1. The first-order valence-corrected chi connectivity index (χ1v) is 7.02. The van der Waals surface area contributed by atoms with Crippen LogP contribution in [0.1, 0.15) is 32.1 Å². The Balaban J connectivity index is 1.62. The third-order valence-electron chi connectivity index (χ3n) is 5.35. The maximum Gasteiger partial charge on any atom is 0.317 e. The van der Waals surface area contributed by atoms with Gasteiger partial charge in [-0.1, -0.05) is 0 Å². The van der Waals surface area contributed by atoms with Gasteiger partial charge < -0.3 is 5.11 Å². The summed E-state index contributed by atoms with van der Waals surface area (Å²) in [7, 11) is 1.96. The number of carboxylic acid groups (broad SMARTS) is 1. The third-order valence-corrected chi connectivity index (χ3v) is 5.35. The number of hydrogen-bond acceptors (Lipinski definition) is 2. The van der Waals surface area contributed by atoms with Gasteiger partial charge in [0.1, 0.15) is 0 Å². The summed E-state index contributed by atoms with van der Waals surface area (Å²) in [5, 5.41) is 8.82. The molecule has 0 atom stereocenters. The molecule has 0 saturated heterocycles. The fraction of sp³-hybridized carbons (Fsp3) is 0.929. The van der Waals surface area contributed by atoms with Gasteiger partial charge in [0.2, 0.25) is 0 Å². The molecule has 0 aromatic rings. The first kappa shape index (κ1) is 11.5. The molecule has 0 aromatic heterocycles. The highest BCUT2D eigenvalue weighted by atomic mass is 16.4. The van der Waals surface area contributed by atoms with Crippen LogP contribution in [0.15, 0.2) is 0 Å². The first-order valence-electron chi connectivity index (χ1n) is 7.02. The highest BCUT2D eigenvalue weighted by molar-refractivity contribution is 5.68. The molecule has 0 unspecified atom stereocenters. The van der Waals surface area contributed by atoms with Gasteiger partial charge in [-0.2, -0.15) is 0 Å². The zero-order chi connectivity index (χ0) is 12.0. The monoisotopic (exact) mass is 237 g/mol. The van der Waals surface area contributed by atoms with Crippen LogP contribution in [0, 0.1) is 29.6 Å². The lowest BCUT2D eigenvalue weighted by Crippen LogP contribution is -2.49. The van der Waals surface area contributed by atoms with Crippen LogP contribution in [-0.2, 0) is 4.79 Å². The molecule has 3 nitrogen and oxygen atoms in total. The Bertz CT molecular complexity index is 287. The molecule has 4 aliphatic carbocycles. The van der Waals surface area contributed by atoms with E-state index in [0.717, 1.165) is 36.1 Å². The molecule has 17 heavy (non-hydrogen) atoms. The van der Waals surface area contributed by atoms with Gasteiger partial charge in [0.15, 0.2) is 0 Å². The van der Waals surface area contributed by atoms with Crippen LogP contribution >= 0.6 is 0 Å². The van der Waals surface area contributed by atoms with Crippen molar-refractivity contribution in [1.82, 2.24) is 4.90 Å². The van der Waals surface area contributed by atoms with Gasteiger partial charge in [0.05, 0.1) is 6.54 Å². The average Bonchev–Trinajstić information content (AvgIpc) is 2.21. The normalized spacial score (nSPS) is 43.3. The molecule has 0 aliphatic heterocycles. The Labute approximate surface area is 103 Å². The maximum atomic E-state index is 10.7. The van der Waals surface area contributed by atoms with Crippen molar-refractivity contribution in [2.24, 2.45) is 29.6 Å². The Morgan fingerprint density at radius 2 is 1.65 bits per heavy atom. The Morgan fingerprint density at radius 3 is 2.12 bits per heavy atom. The number of carboxylic acids is 1. The number of likely N-dealkylation sites (N-methyl/N-ethyl adjacent to an activating group) is 1. The van der Waals surface area contributed by atoms with Gasteiger partial charge in [0, 0.05) is 6.54 Å². The van der Waals surface area contributed by atoms with Crippen molar-refractivity contribution in [3.05, 3.63) is 0 Å². The standard InChI is InChI=1S/C14H23NO2/c1-15(8-14(16)17)7-13-11-3-9-2-10(5-11)6-12(13)4-9/h9-13H,2-8H2,1H3,(H,16,17). The lowest BCUT2D eigenvalue weighted by atomic mass is 9.52. The van der Waals surface area contributed by atoms with Crippen LogP contribution in [0.2, 0.25) is 0 Å². The largest absolute Gasteiger partial charge is 0.480 e. The Kier molecular flexibility index (Phi) is 2.89. The van der Waals surface area contributed by atoms with Crippen molar-refractivity contribution in [1.29, 1.82) is 0 Å². The van der Waals surface area contributed by atoms with Crippen molar-refractivity contribution >= 4 is 5.97 Å². The van der Waals surface area contributed by atoms with Crippen LogP contribution in [0.5, 0.6) is 0 Å². The summed E-state index contributed by atoms with van der Waals surface area (Å²) in [5.41, 5.74) is 0. The maximum absolute atomic E-state index is 10.7. The van der Waals surface area contributed by atoms with E-state index in [4.69, 9.17) is 5.11 Å². The quantitative estimate of drug-likeness (QED) is 0.813. The molecule has 0 heterocycles. The molecule has 0 amide bonds. The number of carbonyl (C=O) groups is 1. The zero-order valence-corrected chi connectivity index (χ0v) is 10.6. The van der Waals surface area contributed by atoms with Crippen LogP contribution in [-0.4, -0.2) is 36.1 Å². The predicted octanol–water partition coefficient (Wildman–Crippen LogP) is 2.08. The predicted molar refractivity (Wildman–Crippen MR) is 65.7 cm³/mol. The Hall–Kier alpha value is -0.570. The van der Waals surface area contributed by atoms with Crippen LogP contribution in [0.4, 0.5) is 0 Å². The minimum absolute atomic E-state index is 0.197. The van der Waals surface area contributed by atoms with E-state index in [1.807, 2.05) is 11.9 Å². The molecule has 4 bridgehead atoms. The summed E-state index contributed by atoms with van der Waals surface area (Å²) in [4.78, 5) is 12.7. The molecule has 4 aliphatic rings. The van der Waals surface area contributed by atoms with E-state index >= 15 is 0 Å². The van der Waals surface area contributed by atoms with Crippen molar-refractivity contribution in [3.63, 3.8) is 0 Å². The smallest absolute Gasteiger partial charge is 0.317 e. The third kappa shape index (κ3) is 2.22. The molecule has 0 aromatic carbocycles. The molecular formula is C14H23NO2. The van der Waals surface area contributed by atoms with Crippen LogP contribution in [0.25, 0.3) is 0 Å². The van der Waals surface area contributed by atoms with Gasteiger partial charge in [-0.15, -0.1) is 0 Å². The summed E-state index contributed by atoms with van der Waals surface area (Å²) in [6.07, 6.45) is 7.21. The average molecular weight is 237 g/mol. The molecule has 3 heteroatoms. The fourth-order valence-corrected chi connectivity index (χ4v) is 4.99. The molecule has 0 radical (unpaired) electrons. The summed E-state index contributed by atoms with van der Waals surface area (Å²) in [5.74, 6) is 3.92. The van der Waals surface area contributed by atoms with Crippen molar-refractivity contribution in [2.45, 2.75) is 32.1 Å². The molecule has 1 N–H and O–H groups in total. The van der Waals surface area contributed by atoms with E-state index < -0.39 is 5.97 Å². The number of nitrogens with zero attached hydrogens (tertiary/aromatic N) is 1. The lowest BCUT2D eigenvalue weighted by Gasteiger charge is -2.55. The molecule has 4 rings (SSSR count). The summed E-state index contributed by atoms with van der Waals surface area (Å²) in [6, 6.07) is 0. The highest BCUT2D eigenvalue weighted by Gasteiger charge is 2.48. The van der Waals surface area contributed by atoms with Gasteiger partial charge in [-0.05, 0) is 68.7 Å². The summed E-state index contributed by atoms with van der Waals surface area (Å²) < 4.78 is 0. The van der Waals surface area contributed by atoms with Crippen LogP contribution in [0.3, 0.4) is 0 Å². The van der Waals surface area contributed by atoms with Gasteiger partial charge >= 0.3 is 5.97 Å². The second-order valence-electron chi connectivity index (χ2n) is 6.69. The lowest BCUT2D eigenvalue weighted by molar-refractivity contribution is -0.138. The van der Waals surface area contributed by atoms with Gasteiger partial charge in [-0.3, -0.25) is 9.69 Å². The van der Waals surface area contributed by atoms with Crippen molar-refractivity contribution in [2.75, 3.05) is 20.1 Å². The van der Waals surface area contributed by atoms with Crippen molar-refractivity contribution in [3.8, 4) is 0 Å². The van der Waals surface area contributed by atoms with E-state index in [2.05, 4.69) is 0 Å². The first-order chi connectivity index (χ1) is 8.11. The molecule has 4 saturated carbocycles. The van der Waals surface area contributed by atoms with Crippen molar-refractivity contribution < 1.29 is 9.90 Å². The molecule has 96 valence electrons. The van der Waals surface area contributed by atoms with Gasteiger partial charge in [-0.25, -0.2) is 0 Å². The van der Waals surface area contributed by atoms with Gasteiger partial charge in [0.25, 0.3) is 0 Å². The van der Waals surface area contributed by atoms with E-state index in [0.29, 0.717) is 0 Å². The molecule has 4 fully saturated rings. The Morgan fingerprint density at radius 1 is 1.12 bits per heavy atom. The zero-order valence-electron chi connectivity index (χ0n) is 10.6. The highest BCUT2D eigenvalue weighted by Crippen LogP contribution is 2.56. The number of hydrogen-bond donors (Lipinski definition) is 1.